The predicted molar refractivity (Wildman–Crippen MR) is 116 cm³/mol. The van der Waals surface area contributed by atoms with Gasteiger partial charge in [-0.1, -0.05) is 18.2 Å². The summed E-state index contributed by atoms with van der Waals surface area (Å²) in [7, 11) is 3.22. The SMILES string of the molecule is COc1ccc(C2CC(c3ccc([N+](=O)[O-])cc3)=Nc3ccccc3N2)cc1OC. The highest BCUT2D eigenvalue weighted by Crippen LogP contribution is 2.38. The van der Waals surface area contributed by atoms with Gasteiger partial charge < -0.3 is 14.8 Å². The molecule has 4 rings (SSSR count). The van der Waals surface area contributed by atoms with Gasteiger partial charge in [0, 0.05) is 18.6 Å². The van der Waals surface area contributed by atoms with Gasteiger partial charge in [-0.3, -0.25) is 15.1 Å². The van der Waals surface area contributed by atoms with Crippen LogP contribution in [0.2, 0.25) is 0 Å². The molecule has 0 saturated heterocycles. The molecule has 1 heterocycles. The Kier molecular flexibility index (Phi) is 5.34. The van der Waals surface area contributed by atoms with Gasteiger partial charge in [0.05, 0.1) is 42.3 Å². The summed E-state index contributed by atoms with van der Waals surface area (Å²) in [4.78, 5) is 15.5. The number of benzene rings is 3. The lowest BCUT2D eigenvalue weighted by atomic mass is 9.97. The number of rotatable bonds is 5. The molecule has 1 aliphatic heterocycles. The summed E-state index contributed by atoms with van der Waals surface area (Å²) in [5, 5.41) is 14.6. The van der Waals surface area contributed by atoms with E-state index in [2.05, 4.69) is 5.32 Å². The first-order valence-electron chi connectivity index (χ1n) is 9.49. The van der Waals surface area contributed by atoms with Crippen LogP contribution >= 0.6 is 0 Å². The molecule has 0 fully saturated rings. The number of nitrogens with one attached hydrogen (secondary N) is 1. The smallest absolute Gasteiger partial charge is 0.269 e. The van der Waals surface area contributed by atoms with Crippen LogP contribution in [0.3, 0.4) is 0 Å². The number of anilines is 1. The molecule has 0 spiro atoms. The van der Waals surface area contributed by atoms with Crippen LogP contribution < -0.4 is 14.8 Å². The number of nitro groups is 1. The number of nitro benzene ring substituents is 1. The number of ether oxygens (including phenoxy) is 2. The fourth-order valence-corrected chi connectivity index (χ4v) is 3.54. The zero-order valence-electron chi connectivity index (χ0n) is 16.7. The number of para-hydroxylation sites is 2. The van der Waals surface area contributed by atoms with Crippen LogP contribution in [-0.4, -0.2) is 24.9 Å². The fraction of sp³-hybridized carbons (Fsp3) is 0.174. The topological polar surface area (TPSA) is 86.0 Å². The van der Waals surface area contributed by atoms with Gasteiger partial charge in [-0.2, -0.15) is 0 Å². The Morgan fingerprint density at radius 2 is 1.73 bits per heavy atom. The minimum atomic E-state index is -0.401. The molecule has 7 nitrogen and oxygen atoms in total. The molecule has 7 heteroatoms. The van der Waals surface area contributed by atoms with Gasteiger partial charge in [0.15, 0.2) is 11.5 Å². The summed E-state index contributed by atoms with van der Waals surface area (Å²) < 4.78 is 10.8. The lowest BCUT2D eigenvalue weighted by molar-refractivity contribution is -0.384. The van der Waals surface area contributed by atoms with Gasteiger partial charge in [-0.05, 0) is 47.5 Å². The highest BCUT2D eigenvalue weighted by atomic mass is 16.6. The van der Waals surface area contributed by atoms with E-state index >= 15 is 0 Å². The molecule has 1 aliphatic rings. The van der Waals surface area contributed by atoms with Crippen LogP contribution in [0.1, 0.15) is 23.6 Å². The van der Waals surface area contributed by atoms with Crippen LogP contribution in [0, 0.1) is 10.1 Å². The second-order valence-electron chi connectivity index (χ2n) is 6.90. The van der Waals surface area contributed by atoms with E-state index in [-0.39, 0.29) is 11.7 Å². The van der Waals surface area contributed by atoms with Crippen LogP contribution in [0.15, 0.2) is 71.7 Å². The molecule has 1 atom stereocenters. The van der Waals surface area contributed by atoms with Gasteiger partial charge in [-0.15, -0.1) is 0 Å². The summed E-state index contributed by atoms with van der Waals surface area (Å²) >= 11 is 0. The molecule has 0 radical (unpaired) electrons. The van der Waals surface area contributed by atoms with Crippen molar-refractivity contribution in [3.8, 4) is 11.5 Å². The molecule has 1 N–H and O–H groups in total. The van der Waals surface area contributed by atoms with Crippen LogP contribution in [0.25, 0.3) is 0 Å². The van der Waals surface area contributed by atoms with Crippen molar-refractivity contribution in [3.05, 3.63) is 88.0 Å². The summed E-state index contributed by atoms with van der Waals surface area (Å²) in [6.07, 6.45) is 0.599. The average Bonchev–Trinajstić information content (AvgIpc) is 2.98. The Morgan fingerprint density at radius 1 is 1.00 bits per heavy atom. The first-order chi connectivity index (χ1) is 14.6. The van der Waals surface area contributed by atoms with Gasteiger partial charge >= 0.3 is 0 Å². The standard InChI is InChI=1S/C23H21N3O4/c1-29-22-12-9-16(13-23(22)30-2)21-14-20(15-7-10-17(11-8-15)26(27)28)24-18-5-3-4-6-19(18)25-21/h3-13,21,25H,14H2,1-2H3. The summed E-state index contributed by atoms with van der Waals surface area (Å²) in [6, 6.07) is 20.1. The van der Waals surface area contributed by atoms with Gasteiger partial charge in [0.25, 0.3) is 5.69 Å². The molecular formula is C23H21N3O4. The number of hydrogen-bond acceptors (Lipinski definition) is 6. The molecule has 0 aliphatic carbocycles. The van der Waals surface area contributed by atoms with Crippen LogP contribution in [0.5, 0.6) is 11.5 Å². The number of aliphatic imine (C=N–C) groups is 1. The van der Waals surface area contributed by atoms with Crippen molar-refractivity contribution < 1.29 is 14.4 Å². The molecule has 3 aromatic carbocycles. The third-order valence-electron chi connectivity index (χ3n) is 5.11. The van der Waals surface area contributed by atoms with E-state index in [1.807, 2.05) is 42.5 Å². The maximum Gasteiger partial charge on any atom is 0.269 e. The molecule has 0 aromatic heterocycles. The quantitative estimate of drug-likeness (QED) is 0.462. The largest absolute Gasteiger partial charge is 0.493 e. The van der Waals surface area contributed by atoms with Crippen molar-refractivity contribution in [2.75, 3.05) is 19.5 Å². The number of fused-ring (bicyclic) bond motifs is 1. The fourth-order valence-electron chi connectivity index (χ4n) is 3.54. The Hall–Kier alpha value is -3.87. The van der Waals surface area contributed by atoms with E-state index in [0.29, 0.717) is 17.9 Å². The molecule has 0 bridgehead atoms. The molecule has 30 heavy (non-hydrogen) atoms. The number of hydrogen-bond donors (Lipinski definition) is 1. The van der Waals surface area contributed by atoms with Crippen molar-refractivity contribution in [1.82, 2.24) is 0 Å². The van der Waals surface area contributed by atoms with E-state index in [1.165, 1.54) is 12.1 Å². The van der Waals surface area contributed by atoms with E-state index in [0.717, 1.165) is 28.2 Å². The highest BCUT2D eigenvalue weighted by molar-refractivity contribution is 6.04. The van der Waals surface area contributed by atoms with E-state index in [1.54, 1.807) is 26.4 Å². The second-order valence-corrected chi connectivity index (χ2v) is 6.90. The van der Waals surface area contributed by atoms with E-state index in [9.17, 15) is 10.1 Å². The zero-order chi connectivity index (χ0) is 21.1. The first kappa shape index (κ1) is 19.4. The van der Waals surface area contributed by atoms with E-state index < -0.39 is 4.92 Å². The predicted octanol–water partition coefficient (Wildman–Crippen LogP) is 5.29. The summed E-state index contributed by atoms with van der Waals surface area (Å²) in [5.74, 6) is 1.32. The minimum absolute atomic E-state index is 0.0583. The zero-order valence-corrected chi connectivity index (χ0v) is 16.7. The summed E-state index contributed by atoms with van der Waals surface area (Å²) in [6.45, 7) is 0. The van der Waals surface area contributed by atoms with Crippen LogP contribution in [0.4, 0.5) is 17.1 Å². The Balaban J connectivity index is 1.76. The molecule has 152 valence electrons. The summed E-state index contributed by atoms with van der Waals surface area (Å²) in [5.41, 5.74) is 4.54. The molecule has 0 saturated carbocycles. The van der Waals surface area contributed by atoms with E-state index in [4.69, 9.17) is 14.5 Å². The minimum Gasteiger partial charge on any atom is -0.493 e. The monoisotopic (exact) mass is 403 g/mol. The number of nitrogens with zero attached hydrogens (tertiary/aromatic N) is 2. The third kappa shape index (κ3) is 3.82. The van der Waals surface area contributed by atoms with Crippen molar-refractivity contribution in [3.63, 3.8) is 0 Å². The first-order valence-corrected chi connectivity index (χ1v) is 9.49. The lowest BCUT2D eigenvalue weighted by Gasteiger charge is -2.20. The van der Waals surface area contributed by atoms with Crippen molar-refractivity contribution >= 4 is 22.8 Å². The van der Waals surface area contributed by atoms with Gasteiger partial charge in [-0.25, -0.2) is 0 Å². The molecule has 3 aromatic rings. The Morgan fingerprint density at radius 3 is 2.43 bits per heavy atom. The molecule has 0 amide bonds. The highest BCUT2D eigenvalue weighted by Gasteiger charge is 2.22. The Bertz CT molecular complexity index is 1110. The average molecular weight is 403 g/mol. The molecule has 1 unspecified atom stereocenters. The third-order valence-corrected chi connectivity index (χ3v) is 5.11. The van der Waals surface area contributed by atoms with Crippen molar-refractivity contribution in [2.45, 2.75) is 12.5 Å². The van der Waals surface area contributed by atoms with Crippen molar-refractivity contribution in [2.24, 2.45) is 4.99 Å². The Labute approximate surface area is 174 Å². The normalized spacial score (nSPS) is 15.3. The number of non-ortho nitro benzene ring substituents is 1. The van der Waals surface area contributed by atoms with Crippen molar-refractivity contribution in [1.29, 1.82) is 0 Å². The van der Waals surface area contributed by atoms with Gasteiger partial charge in [0.2, 0.25) is 0 Å². The van der Waals surface area contributed by atoms with Gasteiger partial charge in [0.1, 0.15) is 0 Å². The maximum absolute atomic E-state index is 11.0. The molecular weight excluding hydrogens is 382 g/mol. The van der Waals surface area contributed by atoms with Crippen LogP contribution in [-0.2, 0) is 0 Å². The lowest BCUT2D eigenvalue weighted by Crippen LogP contribution is -2.14. The number of methoxy groups -OCH3 is 2. The maximum atomic E-state index is 11.0. The second kappa shape index (κ2) is 8.24.